The molecule has 0 aliphatic carbocycles. The molecule has 0 bridgehead atoms. The first kappa shape index (κ1) is 17.1. The molecule has 5 heteroatoms. The van der Waals surface area contributed by atoms with E-state index >= 15 is 0 Å². The Morgan fingerprint density at radius 1 is 1.16 bits per heavy atom. The topological polar surface area (TPSA) is 49.4 Å². The Hall–Kier alpha value is -2.69. The van der Waals surface area contributed by atoms with E-state index in [2.05, 4.69) is 19.2 Å². The number of hydrogen-bond donors (Lipinski definition) is 1. The van der Waals surface area contributed by atoms with E-state index in [4.69, 9.17) is 0 Å². The lowest BCUT2D eigenvalue weighted by atomic mass is 9.96. The number of amides is 2. The van der Waals surface area contributed by atoms with Crippen molar-refractivity contribution in [3.63, 3.8) is 0 Å². The van der Waals surface area contributed by atoms with Gasteiger partial charge in [0, 0.05) is 13.1 Å². The third-order valence-electron chi connectivity index (χ3n) is 4.50. The van der Waals surface area contributed by atoms with E-state index < -0.39 is 17.8 Å². The molecule has 130 valence electrons. The molecule has 1 aliphatic rings. The quantitative estimate of drug-likeness (QED) is 0.932. The molecule has 2 amide bonds. The summed E-state index contributed by atoms with van der Waals surface area (Å²) in [6, 6.07) is 12.8. The van der Waals surface area contributed by atoms with Crippen LogP contribution in [0.2, 0.25) is 0 Å². The summed E-state index contributed by atoms with van der Waals surface area (Å²) in [5.41, 5.74) is 1.87. The van der Waals surface area contributed by atoms with E-state index in [1.165, 1.54) is 23.1 Å². The third-order valence-corrected chi connectivity index (χ3v) is 4.50. The van der Waals surface area contributed by atoms with Gasteiger partial charge in [-0.05, 0) is 29.2 Å². The van der Waals surface area contributed by atoms with Gasteiger partial charge in [-0.25, -0.2) is 4.39 Å². The Morgan fingerprint density at radius 3 is 2.48 bits per heavy atom. The molecule has 1 saturated heterocycles. The molecule has 2 aromatic carbocycles. The van der Waals surface area contributed by atoms with Crippen LogP contribution in [0.15, 0.2) is 48.5 Å². The van der Waals surface area contributed by atoms with Crippen molar-refractivity contribution in [1.29, 1.82) is 0 Å². The first-order valence-corrected chi connectivity index (χ1v) is 8.42. The first-order chi connectivity index (χ1) is 12.0. The summed E-state index contributed by atoms with van der Waals surface area (Å²) in [6.07, 6.45) is 0. The highest BCUT2D eigenvalue weighted by molar-refractivity contribution is 5.98. The summed E-state index contributed by atoms with van der Waals surface area (Å²) in [6.45, 7) is 4.89. The highest BCUT2D eigenvalue weighted by Crippen LogP contribution is 2.27. The van der Waals surface area contributed by atoms with Crippen molar-refractivity contribution in [1.82, 2.24) is 10.2 Å². The van der Waals surface area contributed by atoms with Gasteiger partial charge in [0.15, 0.2) is 0 Å². The summed E-state index contributed by atoms with van der Waals surface area (Å²) in [5, 5.41) is 2.79. The SMILES string of the molecule is CC(C)c1ccc(C2C(=O)NCCN2C(=O)c2ccccc2F)cc1. The van der Waals surface area contributed by atoms with Gasteiger partial charge in [-0.3, -0.25) is 9.59 Å². The predicted molar refractivity (Wildman–Crippen MR) is 93.7 cm³/mol. The van der Waals surface area contributed by atoms with Crippen molar-refractivity contribution in [2.24, 2.45) is 0 Å². The molecule has 1 aliphatic heterocycles. The molecule has 0 aromatic heterocycles. The number of nitrogens with one attached hydrogen (secondary N) is 1. The second kappa shape index (κ2) is 7.05. The van der Waals surface area contributed by atoms with E-state index in [1.807, 2.05) is 24.3 Å². The molecule has 0 spiro atoms. The minimum absolute atomic E-state index is 0.0130. The molecule has 1 N–H and O–H groups in total. The normalized spacial score (nSPS) is 17.5. The Bertz CT molecular complexity index is 787. The van der Waals surface area contributed by atoms with Crippen molar-refractivity contribution in [3.05, 3.63) is 71.0 Å². The van der Waals surface area contributed by atoms with Gasteiger partial charge in [0.2, 0.25) is 5.91 Å². The highest BCUT2D eigenvalue weighted by atomic mass is 19.1. The number of rotatable bonds is 3. The third kappa shape index (κ3) is 3.40. The number of piperazine rings is 1. The van der Waals surface area contributed by atoms with Gasteiger partial charge in [-0.2, -0.15) is 0 Å². The van der Waals surface area contributed by atoms with Crippen LogP contribution in [0.5, 0.6) is 0 Å². The molecular weight excluding hydrogens is 319 g/mol. The second-order valence-corrected chi connectivity index (χ2v) is 6.49. The first-order valence-electron chi connectivity index (χ1n) is 8.42. The van der Waals surface area contributed by atoms with Crippen LogP contribution in [0.1, 0.15) is 47.3 Å². The van der Waals surface area contributed by atoms with Gasteiger partial charge in [-0.15, -0.1) is 0 Å². The number of nitrogens with zero attached hydrogens (tertiary/aromatic N) is 1. The summed E-state index contributed by atoms with van der Waals surface area (Å²) >= 11 is 0. The largest absolute Gasteiger partial charge is 0.352 e. The predicted octanol–water partition coefficient (Wildman–Crippen LogP) is 3.26. The zero-order chi connectivity index (χ0) is 18.0. The number of carbonyl (C=O) groups excluding carboxylic acids is 2. The van der Waals surface area contributed by atoms with Crippen LogP contribution in [0.3, 0.4) is 0 Å². The smallest absolute Gasteiger partial charge is 0.257 e. The zero-order valence-electron chi connectivity index (χ0n) is 14.3. The Kier molecular flexibility index (Phi) is 4.83. The van der Waals surface area contributed by atoms with Gasteiger partial charge in [0.05, 0.1) is 5.56 Å². The minimum atomic E-state index is -0.748. The van der Waals surface area contributed by atoms with E-state index in [0.29, 0.717) is 19.0 Å². The van der Waals surface area contributed by atoms with Crippen LogP contribution >= 0.6 is 0 Å². The van der Waals surface area contributed by atoms with Crippen molar-refractivity contribution in [2.75, 3.05) is 13.1 Å². The zero-order valence-corrected chi connectivity index (χ0v) is 14.3. The molecule has 1 fully saturated rings. The average Bonchev–Trinajstić information content (AvgIpc) is 2.61. The van der Waals surface area contributed by atoms with Crippen molar-refractivity contribution >= 4 is 11.8 Å². The van der Waals surface area contributed by atoms with E-state index in [-0.39, 0.29) is 11.5 Å². The lowest BCUT2D eigenvalue weighted by molar-refractivity contribution is -0.128. The number of hydrogen-bond acceptors (Lipinski definition) is 2. The number of benzene rings is 2. The maximum absolute atomic E-state index is 14.0. The molecule has 4 nitrogen and oxygen atoms in total. The fourth-order valence-corrected chi connectivity index (χ4v) is 3.07. The standard InChI is InChI=1S/C20H21FN2O2/c1-13(2)14-7-9-15(10-8-14)18-19(24)22-11-12-23(18)20(25)16-5-3-4-6-17(16)21/h3-10,13,18H,11-12H2,1-2H3,(H,22,24). The van der Waals surface area contributed by atoms with E-state index in [0.717, 1.165) is 11.1 Å². The molecule has 2 aromatic rings. The number of halogens is 1. The summed E-state index contributed by atoms with van der Waals surface area (Å²) in [5.74, 6) is -0.906. The van der Waals surface area contributed by atoms with Gasteiger partial charge >= 0.3 is 0 Å². The van der Waals surface area contributed by atoms with Gasteiger partial charge in [0.25, 0.3) is 5.91 Å². The lowest BCUT2D eigenvalue weighted by Gasteiger charge is -2.35. The average molecular weight is 340 g/mol. The molecular formula is C20H21FN2O2. The highest BCUT2D eigenvalue weighted by Gasteiger charge is 2.35. The van der Waals surface area contributed by atoms with Gasteiger partial charge in [0.1, 0.15) is 11.9 Å². The van der Waals surface area contributed by atoms with Crippen LogP contribution in [0.4, 0.5) is 4.39 Å². The fourth-order valence-electron chi connectivity index (χ4n) is 3.07. The maximum Gasteiger partial charge on any atom is 0.257 e. The van der Waals surface area contributed by atoms with E-state index in [1.54, 1.807) is 6.07 Å². The lowest BCUT2D eigenvalue weighted by Crippen LogP contribution is -2.52. The van der Waals surface area contributed by atoms with Crippen molar-refractivity contribution in [2.45, 2.75) is 25.8 Å². The van der Waals surface area contributed by atoms with Crippen LogP contribution in [0, 0.1) is 5.82 Å². The molecule has 1 atom stereocenters. The molecule has 0 saturated carbocycles. The van der Waals surface area contributed by atoms with E-state index in [9.17, 15) is 14.0 Å². The maximum atomic E-state index is 14.0. The molecule has 0 radical (unpaired) electrons. The minimum Gasteiger partial charge on any atom is -0.352 e. The summed E-state index contributed by atoms with van der Waals surface area (Å²) < 4.78 is 14.0. The Balaban J connectivity index is 1.95. The summed E-state index contributed by atoms with van der Waals surface area (Å²) in [7, 11) is 0. The molecule has 1 heterocycles. The van der Waals surface area contributed by atoms with Gasteiger partial charge < -0.3 is 10.2 Å². The van der Waals surface area contributed by atoms with Crippen LogP contribution in [-0.2, 0) is 4.79 Å². The van der Waals surface area contributed by atoms with Crippen molar-refractivity contribution < 1.29 is 14.0 Å². The molecule has 3 rings (SSSR count). The molecule has 1 unspecified atom stereocenters. The van der Waals surface area contributed by atoms with Crippen molar-refractivity contribution in [3.8, 4) is 0 Å². The summed E-state index contributed by atoms with van der Waals surface area (Å²) in [4.78, 5) is 26.7. The Morgan fingerprint density at radius 2 is 1.84 bits per heavy atom. The van der Waals surface area contributed by atoms with Crippen LogP contribution in [0.25, 0.3) is 0 Å². The molecule has 25 heavy (non-hydrogen) atoms. The van der Waals surface area contributed by atoms with Crippen LogP contribution < -0.4 is 5.32 Å². The Labute approximate surface area is 146 Å². The number of carbonyl (C=O) groups is 2. The fraction of sp³-hybridized carbons (Fsp3) is 0.300. The monoisotopic (exact) mass is 340 g/mol. The van der Waals surface area contributed by atoms with Gasteiger partial charge in [-0.1, -0.05) is 50.2 Å². The second-order valence-electron chi connectivity index (χ2n) is 6.49. The van der Waals surface area contributed by atoms with Crippen LogP contribution in [-0.4, -0.2) is 29.8 Å².